The zero-order chi connectivity index (χ0) is 19.1. The summed E-state index contributed by atoms with van der Waals surface area (Å²) in [6.45, 7) is 0. The fourth-order valence-electron chi connectivity index (χ4n) is 2.48. The van der Waals surface area contributed by atoms with Crippen LogP contribution in [0.3, 0.4) is 0 Å². The number of halogens is 4. The van der Waals surface area contributed by atoms with Gasteiger partial charge in [-0.05, 0) is 36.4 Å². The molecule has 3 rings (SSSR count). The standard InChI is InChI=1S/C17H12ClF3N2O2S/c1-26(24,25)16-6-5-10(7-13(16)19)15-9-14(17(20)21)22-23(15)12-4-2-3-11(18)8-12/h2-9,17H,1H3. The summed E-state index contributed by atoms with van der Waals surface area (Å²) in [4.78, 5) is -0.468. The maximum atomic E-state index is 14.2. The first kappa shape index (κ1) is 18.5. The zero-order valence-corrected chi connectivity index (χ0v) is 14.9. The van der Waals surface area contributed by atoms with Crippen molar-refractivity contribution in [1.29, 1.82) is 0 Å². The predicted molar refractivity (Wildman–Crippen MR) is 92.0 cm³/mol. The van der Waals surface area contributed by atoms with Gasteiger partial charge in [0.25, 0.3) is 6.43 Å². The van der Waals surface area contributed by atoms with Crippen molar-refractivity contribution < 1.29 is 21.6 Å². The van der Waals surface area contributed by atoms with Crippen molar-refractivity contribution in [3.8, 4) is 16.9 Å². The van der Waals surface area contributed by atoms with Crippen LogP contribution in [0.4, 0.5) is 13.2 Å². The van der Waals surface area contributed by atoms with Crippen LogP contribution in [0.5, 0.6) is 0 Å². The summed E-state index contributed by atoms with van der Waals surface area (Å²) in [6.07, 6.45) is -1.94. The third-order valence-electron chi connectivity index (χ3n) is 3.63. The molecule has 0 saturated carbocycles. The summed E-state index contributed by atoms with van der Waals surface area (Å²) in [5.41, 5.74) is 0.301. The number of rotatable bonds is 4. The molecule has 9 heteroatoms. The van der Waals surface area contributed by atoms with Crippen LogP contribution in [0.2, 0.25) is 5.02 Å². The number of sulfone groups is 1. The Morgan fingerprint density at radius 1 is 1.12 bits per heavy atom. The maximum absolute atomic E-state index is 14.2. The van der Waals surface area contributed by atoms with E-state index in [0.717, 1.165) is 24.5 Å². The zero-order valence-electron chi connectivity index (χ0n) is 13.3. The summed E-state index contributed by atoms with van der Waals surface area (Å²) in [5.74, 6) is -0.970. The third-order valence-corrected chi connectivity index (χ3v) is 5.00. The van der Waals surface area contributed by atoms with Gasteiger partial charge in [0.15, 0.2) is 9.84 Å². The van der Waals surface area contributed by atoms with Crippen molar-refractivity contribution >= 4 is 21.4 Å². The Bertz CT molecular complexity index is 1080. The van der Waals surface area contributed by atoms with Crippen molar-refractivity contribution in [1.82, 2.24) is 9.78 Å². The van der Waals surface area contributed by atoms with Crippen LogP contribution in [-0.4, -0.2) is 24.5 Å². The molecule has 0 unspecified atom stereocenters. The molecule has 0 bridgehead atoms. The summed E-state index contributed by atoms with van der Waals surface area (Å²) in [5, 5.41) is 4.24. The average Bonchev–Trinajstić information content (AvgIpc) is 2.99. The molecule has 0 N–H and O–H groups in total. The van der Waals surface area contributed by atoms with Crippen LogP contribution in [0.25, 0.3) is 16.9 Å². The molecule has 1 heterocycles. The Morgan fingerprint density at radius 2 is 1.85 bits per heavy atom. The van der Waals surface area contributed by atoms with E-state index in [1.807, 2.05) is 0 Å². The lowest BCUT2D eigenvalue weighted by Gasteiger charge is -2.09. The SMILES string of the molecule is CS(=O)(=O)c1ccc(-c2cc(C(F)F)nn2-c2cccc(Cl)c2)cc1F. The van der Waals surface area contributed by atoms with E-state index >= 15 is 0 Å². The normalized spacial score (nSPS) is 11.9. The molecule has 26 heavy (non-hydrogen) atoms. The van der Waals surface area contributed by atoms with Gasteiger partial charge >= 0.3 is 0 Å². The predicted octanol–water partition coefficient (Wildman–Crippen LogP) is 4.67. The molecule has 0 fully saturated rings. The van der Waals surface area contributed by atoms with E-state index < -0.39 is 32.7 Å². The Labute approximate surface area is 152 Å². The smallest absolute Gasteiger partial charge is 0.233 e. The molecule has 4 nitrogen and oxygen atoms in total. The van der Waals surface area contributed by atoms with E-state index in [0.29, 0.717) is 10.7 Å². The highest BCUT2D eigenvalue weighted by atomic mass is 35.5. The quantitative estimate of drug-likeness (QED) is 0.639. The van der Waals surface area contributed by atoms with Gasteiger partial charge in [-0.2, -0.15) is 5.10 Å². The van der Waals surface area contributed by atoms with Gasteiger partial charge in [0.05, 0.1) is 11.4 Å². The topological polar surface area (TPSA) is 52.0 Å². The Balaban J connectivity index is 2.20. The van der Waals surface area contributed by atoms with Crippen molar-refractivity contribution in [2.75, 3.05) is 6.26 Å². The van der Waals surface area contributed by atoms with Crippen LogP contribution < -0.4 is 0 Å². The van der Waals surface area contributed by atoms with E-state index in [1.54, 1.807) is 18.2 Å². The number of benzene rings is 2. The van der Waals surface area contributed by atoms with E-state index in [1.165, 1.54) is 16.8 Å². The van der Waals surface area contributed by atoms with Gasteiger partial charge < -0.3 is 0 Å². The van der Waals surface area contributed by atoms with Crippen LogP contribution in [0.1, 0.15) is 12.1 Å². The minimum atomic E-state index is -3.74. The van der Waals surface area contributed by atoms with Gasteiger partial charge in [0, 0.05) is 16.8 Å². The molecular weight excluding hydrogens is 389 g/mol. The molecule has 3 aromatic rings. The fraction of sp³-hybridized carbons (Fsp3) is 0.118. The summed E-state index contributed by atoms with van der Waals surface area (Å²) < 4.78 is 64.8. The summed E-state index contributed by atoms with van der Waals surface area (Å²) in [6, 6.07) is 10.9. The Kier molecular flexibility index (Phi) is 4.81. The third kappa shape index (κ3) is 3.61. The molecule has 0 aliphatic heterocycles. The van der Waals surface area contributed by atoms with Crippen LogP contribution in [-0.2, 0) is 9.84 Å². The van der Waals surface area contributed by atoms with Gasteiger partial charge in [0.1, 0.15) is 16.4 Å². The Hall–Kier alpha value is -2.32. The first-order chi connectivity index (χ1) is 12.2. The highest BCUT2D eigenvalue weighted by molar-refractivity contribution is 7.90. The summed E-state index contributed by atoms with van der Waals surface area (Å²) in [7, 11) is -3.74. The molecule has 2 aromatic carbocycles. The van der Waals surface area contributed by atoms with Gasteiger partial charge in [-0.25, -0.2) is 26.3 Å². The van der Waals surface area contributed by atoms with Crippen molar-refractivity contribution in [2.45, 2.75) is 11.3 Å². The first-order valence-corrected chi connectivity index (χ1v) is 9.58. The molecular formula is C17H12ClF3N2O2S. The molecule has 1 aromatic heterocycles. The highest BCUT2D eigenvalue weighted by Crippen LogP contribution is 2.30. The van der Waals surface area contributed by atoms with E-state index in [9.17, 15) is 21.6 Å². The maximum Gasteiger partial charge on any atom is 0.282 e. The number of hydrogen-bond donors (Lipinski definition) is 0. The molecule has 0 amide bonds. The molecule has 0 saturated heterocycles. The van der Waals surface area contributed by atoms with Crippen molar-refractivity contribution in [2.24, 2.45) is 0 Å². The molecule has 0 aliphatic carbocycles. The van der Waals surface area contributed by atoms with Crippen molar-refractivity contribution in [3.05, 3.63) is 65.1 Å². The largest absolute Gasteiger partial charge is 0.282 e. The van der Waals surface area contributed by atoms with Crippen LogP contribution in [0, 0.1) is 5.82 Å². The second-order valence-electron chi connectivity index (χ2n) is 5.56. The lowest BCUT2D eigenvalue weighted by Crippen LogP contribution is -2.03. The minimum Gasteiger partial charge on any atom is -0.233 e. The molecule has 0 radical (unpaired) electrons. The van der Waals surface area contributed by atoms with Crippen molar-refractivity contribution in [3.63, 3.8) is 0 Å². The number of nitrogens with zero attached hydrogens (tertiary/aromatic N) is 2. The van der Waals surface area contributed by atoms with E-state index in [-0.39, 0.29) is 11.3 Å². The molecule has 0 atom stereocenters. The minimum absolute atomic E-state index is 0.182. The van der Waals surface area contributed by atoms with Crippen LogP contribution in [0.15, 0.2) is 53.4 Å². The first-order valence-electron chi connectivity index (χ1n) is 7.31. The monoisotopic (exact) mass is 400 g/mol. The number of aromatic nitrogens is 2. The second-order valence-corrected chi connectivity index (χ2v) is 7.98. The summed E-state index contributed by atoms with van der Waals surface area (Å²) >= 11 is 5.94. The Morgan fingerprint density at radius 3 is 2.42 bits per heavy atom. The van der Waals surface area contributed by atoms with E-state index in [2.05, 4.69) is 5.10 Å². The number of hydrogen-bond acceptors (Lipinski definition) is 3. The van der Waals surface area contributed by atoms with Gasteiger partial charge in [0.2, 0.25) is 0 Å². The van der Waals surface area contributed by atoms with Gasteiger partial charge in [-0.3, -0.25) is 0 Å². The molecule has 0 aliphatic rings. The van der Waals surface area contributed by atoms with Gasteiger partial charge in [-0.15, -0.1) is 0 Å². The lowest BCUT2D eigenvalue weighted by molar-refractivity contribution is 0.145. The van der Waals surface area contributed by atoms with Gasteiger partial charge in [-0.1, -0.05) is 23.7 Å². The second kappa shape index (κ2) is 6.77. The average molecular weight is 401 g/mol. The van der Waals surface area contributed by atoms with E-state index in [4.69, 9.17) is 11.6 Å². The number of alkyl halides is 2. The lowest BCUT2D eigenvalue weighted by atomic mass is 10.1. The fourth-order valence-corrected chi connectivity index (χ4v) is 3.39. The molecule has 136 valence electrons. The van der Waals surface area contributed by atoms with Crippen LogP contribution >= 0.6 is 11.6 Å². The highest BCUT2D eigenvalue weighted by Gasteiger charge is 2.20. The molecule has 0 spiro atoms.